The topological polar surface area (TPSA) is 66.4 Å². The Balaban J connectivity index is 1.87. The summed E-state index contributed by atoms with van der Waals surface area (Å²) in [5.41, 5.74) is 0.0787. The van der Waals surface area contributed by atoms with E-state index in [4.69, 9.17) is 0 Å². The second kappa shape index (κ2) is 5.96. The van der Waals surface area contributed by atoms with Crippen molar-refractivity contribution in [1.29, 1.82) is 0 Å². The van der Waals surface area contributed by atoms with Gasteiger partial charge in [0, 0.05) is 13.0 Å². The van der Waals surface area contributed by atoms with Crippen molar-refractivity contribution in [3.8, 4) is 11.8 Å². The summed E-state index contributed by atoms with van der Waals surface area (Å²) in [6.07, 6.45) is 2.84. The van der Waals surface area contributed by atoms with Crippen LogP contribution in [0.2, 0.25) is 0 Å². The molecule has 4 nitrogen and oxygen atoms in total. The molecule has 2 N–H and O–H groups in total. The number of nitrogens with one attached hydrogen (secondary N) is 1. The third-order valence-electron chi connectivity index (χ3n) is 3.34. The van der Waals surface area contributed by atoms with Crippen molar-refractivity contribution in [1.82, 2.24) is 4.72 Å². The van der Waals surface area contributed by atoms with Crippen molar-refractivity contribution >= 4 is 10.0 Å². The lowest BCUT2D eigenvalue weighted by molar-refractivity contribution is 0.0239. The van der Waals surface area contributed by atoms with Crippen LogP contribution in [-0.4, -0.2) is 25.7 Å². The summed E-state index contributed by atoms with van der Waals surface area (Å²) in [4.78, 5) is 0.267. The van der Waals surface area contributed by atoms with E-state index >= 15 is 0 Å². The molecule has 1 aromatic rings. The molecule has 20 heavy (non-hydrogen) atoms. The molecule has 5 heteroatoms. The highest BCUT2D eigenvalue weighted by atomic mass is 32.2. The van der Waals surface area contributed by atoms with E-state index in [2.05, 4.69) is 16.6 Å². The predicted octanol–water partition coefficient (Wildman–Crippen LogP) is 1.58. The van der Waals surface area contributed by atoms with Gasteiger partial charge in [-0.3, -0.25) is 0 Å². The molecule has 0 bridgehead atoms. The lowest BCUT2D eigenvalue weighted by atomic mass is 9.81. The molecule has 0 amide bonds. The Bertz CT molecular complexity index is 637. The summed E-state index contributed by atoms with van der Waals surface area (Å²) < 4.78 is 26.5. The van der Waals surface area contributed by atoms with Gasteiger partial charge in [-0.25, -0.2) is 13.1 Å². The smallest absolute Gasteiger partial charge is 0.240 e. The standard InChI is InChI=1S/C15H19NO3S/c1-13-6-4-7-14(12-13)20(18,19)16-11-3-2-8-15(17)9-5-10-15/h4,6-7,12,16-17H,3,5,9-11H2,1H3. The summed E-state index contributed by atoms with van der Waals surface area (Å²) in [6.45, 7) is 2.10. The molecule has 0 unspecified atom stereocenters. The number of hydrogen-bond acceptors (Lipinski definition) is 3. The first-order valence-electron chi connectivity index (χ1n) is 6.70. The minimum Gasteiger partial charge on any atom is -0.378 e. The van der Waals surface area contributed by atoms with Crippen LogP contribution >= 0.6 is 0 Å². The minimum absolute atomic E-state index is 0.249. The van der Waals surface area contributed by atoms with Crippen molar-refractivity contribution in [2.45, 2.75) is 43.1 Å². The fourth-order valence-electron chi connectivity index (χ4n) is 1.98. The number of sulfonamides is 1. The van der Waals surface area contributed by atoms with E-state index in [0.29, 0.717) is 6.42 Å². The Labute approximate surface area is 120 Å². The molecule has 1 fully saturated rings. The van der Waals surface area contributed by atoms with Gasteiger partial charge in [0.25, 0.3) is 0 Å². The number of rotatable bonds is 4. The van der Waals surface area contributed by atoms with E-state index in [9.17, 15) is 13.5 Å². The van der Waals surface area contributed by atoms with Crippen molar-refractivity contribution in [3.05, 3.63) is 29.8 Å². The number of benzene rings is 1. The van der Waals surface area contributed by atoms with E-state index in [1.165, 1.54) is 0 Å². The molecule has 108 valence electrons. The fourth-order valence-corrected chi connectivity index (χ4v) is 3.11. The molecule has 0 aromatic heterocycles. The van der Waals surface area contributed by atoms with Crippen molar-refractivity contribution < 1.29 is 13.5 Å². The fraction of sp³-hybridized carbons (Fsp3) is 0.467. The molecule has 0 heterocycles. The summed E-state index contributed by atoms with van der Waals surface area (Å²) in [6, 6.07) is 6.77. The Morgan fingerprint density at radius 2 is 2.15 bits per heavy atom. The lowest BCUT2D eigenvalue weighted by Crippen LogP contribution is -2.34. The van der Waals surface area contributed by atoms with E-state index in [0.717, 1.165) is 24.8 Å². The van der Waals surface area contributed by atoms with E-state index in [1.807, 2.05) is 13.0 Å². The largest absolute Gasteiger partial charge is 0.378 e. The lowest BCUT2D eigenvalue weighted by Gasteiger charge is -2.30. The normalized spacial score (nSPS) is 16.9. The highest BCUT2D eigenvalue weighted by Crippen LogP contribution is 2.30. The average Bonchev–Trinajstić information content (AvgIpc) is 2.36. The van der Waals surface area contributed by atoms with E-state index < -0.39 is 15.6 Å². The first-order chi connectivity index (χ1) is 9.41. The zero-order valence-electron chi connectivity index (χ0n) is 11.5. The molecular formula is C15H19NO3S. The molecule has 2 rings (SSSR count). The van der Waals surface area contributed by atoms with E-state index in [1.54, 1.807) is 18.2 Å². The molecule has 0 aliphatic heterocycles. The molecule has 1 aromatic carbocycles. The second-order valence-corrected chi connectivity index (χ2v) is 6.92. The van der Waals surface area contributed by atoms with Crippen LogP contribution in [0, 0.1) is 18.8 Å². The van der Waals surface area contributed by atoms with Crippen LogP contribution in [0.1, 0.15) is 31.2 Å². The van der Waals surface area contributed by atoms with Gasteiger partial charge < -0.3 is 5.11 Å². The maximum absolute atomic E-state index is 12.0. The van der Waals surface area contributed by atoms with Crippen LogP contribution in [0.4, 0.5) is 0 Å². The number of aliphatic hydroxyl groups is 1. The predicted molar refractivity (Wildman–Crippen MR) is 77.6 cm³/mol. The van der Waals surface area contributed by atoms with E-state index in [-0.39, 0.29) is 11.4 Å². The van der Waals surface area contributed by atoms with Gasteiger partial charge >= 0.3 is 0 Å². The van der Waals surface area contributed by atoms with Crippen molar-refractivity contribution in [2.75, 3.05) is 6.54 Å². The van der Waals surface area contributed by atoms with Gasteiger partial charge in [0.1, 0.15) is 5.60 Å². The van der Waals surface area contributed by atoms with Gasteiger partial charge in [-0.1, -0.05) is 24.0 Å². The average molecular weight is 293 g/mol. The molecular weight excluding hydrogens is 274 g/mol. The minimum atomic E-state index is -3.47. The van der Waals surface area contributed by atoms with Gasteiger partial charge in [0.05, 0.1) is 4.90 Å². The van der Waals surface area contributed by atoms with Gasteiger partial charge in [-0.15, -0.1) is 0 Å². The van der Waals surface area contributed by atoms with Gasteiger partial charge in [-0.2, -0.15) is 0 Å². The first kappa shape index (κ1) is 15.0. The molecule has 1 saturated carbocycles. The second-order valence-electron chi connectivity index (χ2n) is 5.15. The molecule has 1 aliphatic carbocycles. The molecule has 0 atom stereocenters. The number of aryl methyl sites for hydroxylation is 1. The van der Waals surface area contributed by atoms with Crippen LogP contribution in [0.15, 0.2) is 29.2 Å². The Morgan fingerprint density at radius 1 is 1.40 bits per heavy atom. The zero-order chi connectivity index (χ0) is 14.6. The van der Waals surface area contributed by atoms with Gasteiger partial charge in [0.15, 0.2) is 0 Å². The third-order valence-corrected chi connectivity index (χ3v) is 4.80. The Hall–Kier alpha value is -1.35. The highest BCUT2D eigenvalue weighted by molar-refractivity contribution is 7.89. The zero-order valence-corrected chi connectivity index (χ0v) is 12.3. The summed E-state index contributed by atoms with van der Waals surface area (Å²) in [5.74, 6) is 5.64. The highest BCUT2D eigenvalue weighted by Gasteiger charge is 2.31. The van der Waals surface area contributed by atoms with Crippen LogP contribution in [0.5, 0.6) is 0 Å². The first-order valence-corrected chi connectivity index (χ1v) is 8.18. The number of hydrogen-bond donors (Lipinski definition) is 2. The van der Waals surface area contributed by atoms with Crippen LogP contribution in [-0.2, 0) is 10.0 Å². The van der Waals surface area contributed by atoms with Gasteiger partial charge in [0.2, 0.25) is 10.0 Å². The molecule has 0 saturated heterocycles. The van der Waals surface area contributed by atoms with Crippen LogP contribution in [0.3, 0.4) is 0 Å². The Morgan fingerprint density at radius 3 is 2.75 bits per heavy atom. The monoisotopic (exact) mass is 293 g/mol. The molecule has 0 radical (unpaired) electrons. The van der Waals surface area contributed by atoms with Crippen LogP contribution in [0.25, 0.3) is 0 Å². The molecule has 0 spiro atoms. The molecule has 1 aliphatic rings. The Kier molecular flexibility index (Phi) is 4.48. The van der Waals surface area contributed by atoms with Crippen molar-refractivity contribution in [2.24, 2.45) is 0 Å². The summed E-state index contributed by atoms with van der Waals surface area (Å²) in [5, 5.41) is 9.77. The van der Waals surface area contributed by atoms with Crippen LogP contribution < -0.4 is 4.72 Å². The third kappa shape index (κ3) is 3.83. The van der Waals surface area contributed by atoms with Gasteiger partial charge in [-0.05, 0) is 43.9 Å². The maximum Gasteiger partial charge on any atom is 0.240 e. The van der Waals surface area contributed by atoms with Crippen molar-refractivity contribution in [3.63, 3.8) is 0 Å². The summed E-state index contributed by atoms with van der Waals surface area (Å²) in [7, 11) is -3.47. The maximum atomic E-state index is 12.0. The SMILES string of the molecule is Cc1cccc(S(=O)(=O)NCCC#CC2(O)CCC2)c1. The quantitative estimate of drug-likeness (QED) is 0.654. The summed E-state index contributed by atoms with van der Waals surface area (Å²) >= 11 is 0.